The van der Waals surface area contributed by atoms with Gasteiger partial charge >= 0.3 is 7.12 Å². The van der Waals surface area contributed by atoms with Crippen LogP contribution in [0.1, 0.15) is 61.1 Å². The second-order valence-electron chi connectivity index (χ2n) is 11.0. The maximum absolute atomic E-state index is 6.47. The van der Waals surface area contributed by atoms with Crippen LogP contribution in [0.25, 0.3) is 10.4 Å². The van der Waals surface area contributed by atoms with E-state index in [0.717, 1.165) is 4.78 Å². The summed E-state index contributed by atoms with van der Waals surface area (Å²) >= 11 is 1.81. The Morgan fingerprint density at radius 1 is 0.657 bits per heavy atom. The lowest BCUT2D eigenvalue weighted by Crippen LogP contribution is -2.41. The van der Waals surface area contributed by atoms with Gasteiger partial charge in [0.2, 0.25) is 0 Å². The van der Waals surface area contributed by atoms with Gasteiger partial charge in [0.15, 0.2) is 0 Å². The molecule has 6 rings (SSSR count). The van der Waals surface area contributed by atoms with Crippen LogP contribution < -0.4 is 4.78 Å². The Hall–Kier alpha value is -2.66. The van der Waals surface area contributed by atoms with E-state index >= 15 is 0 Å². The molecule has 0 amide bonds. The fourth-order valence-corrected chi connectivity index (χ4v) is 6.73. The van der Waals surface area contributed by atoms with E-state index in [1.54, 1.807) is 0 Å². The standard InChI is InChI=1S/C31H31BO2S/c1-20-11-15-22(16-12-20)31(23-17-13-21(2)14-18-23)25-10-8-7-9-24(25)28-26(31)19-27(35-28)32-33-29(3,4)30(5,6)34-32/h7-19H,1-6H3. The summed E-state index contributed by atoms with van der Waals surface area (Å²) in [4.78, 5) is 1.31. The Balaban J connectivity index is 1.63. The van der Waals surface area contributed by atoms with Crippen molar-refractivity contribution in [2.45, 2.75) is 58.2 Å². The number of hydrogen-bond donors (Lipinski definition) is 0. The lowest BCUT2D eigenvalue weighted by atomic mass is 9.67. The average Bonchev–Trinajstić information content (AvgIpc) is 3.43. The average molecular weight is 478 g/mol. The summed E-state index contributed by atoms with van der Waals surface area (Å²) in [5.74, 6) is 0. The molecule has 3 aromatic carbocycles. The largest absolute Gasteiger partial charge is 0.505 e. The molecule has 0 unspecified atom stereocenters. The van der Waals surface area contributed by atoms with E-state index in [0.29, 0.717) is 0 Å². The van der Waals surface area contributed by atoms with Gasteiger partial charge in [-0.3, -0.25) is 0 Å². The second-order valence-corrected chi connectivity index (χ2v) is 12.1. The van der Waals surface area contributed by atoms with Gasteiger partial charge in [0.25, 0.3) is 0 Å². The van der Waals surface area contributed by atoms with E-state index in [-0.39, 0.29) is 23.7 Å². The van der Waals surface area contributed by atoms with Crippen LogP contribution in [0, 0.1) is 13.8 Å². The van der Waals surface area contributed by atoms with E-state index in [1.807, 2.05) is 11.3 Å². The van der Waals surface area contributed by atoms with Crippen LogP contribution in [-0.4, -0.2) is 18.3 Å². The molecule has 0 atom stereocenters. The summed E-state index contributed by atoms with van der Waals surface area (Å²) in [5.41, 5.74) is 7.96. The predicted octanol–water partition coefficient (Wildman–Crippen LogP) is 7.03. The fourth-order valence-electron chi connectivity index (χ4n) is 5.51. The van der Waals surface area contributed by atoms with Crippen LogP contribution in [0.2, 0.25) is 0 Å². The normalized spacial score (nSPS) is 19.0. The van der Waals surface area contributed by atoms with E-state index in [2.05, 4.69) is 120 Å². The first kappa shape index (κ1) is 22.8. The lowest BCUT2D eigenvalue weighted by molar-refractivity contribution is 0.00578. The third-order valence-corrected chi connectivity index (χ3v) is 9.38. The van der Waals surface area contributed by atoms with Gasteiger partial charge in [0.05, 0.1) is 16.6 Å². The number of hydrogen-bond acceptors (Lipinski definition) is 3. The molecule has 2 aliphatic rings. The summed E-state index contributed by atoms with van der Waals surface area (Å²) < 4.78 is 14.1. The molecule has 0 spiro atoms. The van der Waals surface area contributed by atoms with Gasteiger partial charge in [-0.1, -0.05) is 83.9 Å². The molecule has 4 aromatic rings. The quantitative estimate of drug-likeness (QED) is 0.259. The second kappa shape index (κ2) is 7.67. The molecule has 1 aliphatic heterocycles. The molecule has 2 nitrogen and oxygen atoms in total. The van der Waals surface area contributed by atoms with Gasteiger partial charge in [-0.2, -0.15) is 0 Å². The molecule has 4 heteroatoms. The van der Waals surface area contributed by atoms with E-state index in [9.17, 15) is 0 Å². The van der Waals surface area contributed by atoms with Crippen LogP contribution >= 0.6 is 11.3 Å². The Bertz CT molecular complexity index is 1350. The highest BCUT2D eigenvalue weighted by atomic mass is 32.1. The maximum atomic E-state index is 6.47. The predicted molar refractivity (Wildman–Crippen MR) is 147 cm³/mol. The number of thiophene rings is 1. The van der Waals surface area contributed by atoms with Crippen molar-refractivity contribution in [3.05, 3.63) is 112 Å². The summed E-state index contributed by atoms with van der Waals surface area (Å²) in [6.07, 6.45) is 0. The molecule has 35 heavy (non-hydrogen) atoms. The van der Waals surface area contributed by atoms with E-state index in [1.165, 1.54) is 43.8 Å². The van der Waals surface area contributed by atoms with Crippen LogP contribution in [0.4, 0.5) is 0 Å². The lowest BCUT2D eigenvalue weighted by Gasteiger charge is -2.33. The van der Waals surface area contributed by atoms with Gasteiger partial charge in [-0.25, -0.2) is 0 Å². The Kier molecular flexibility index (Phi) is 4.99. The SMILES string of the molecule is Cc1ccc(C2(c3ccc(C)cc3)c3ccccc3-c3sc(B4OC(C)(C)C(C)(C)O4)cc32)cc1. The maximum Gasteiger partial charge on any atom is 0.505 e. The van der Waals surface area contributed by atoms with E-state index < -0.39 is 0 Å². The molecule has 1 aliphatic carbocycles. The number of aryl methyl sites for hydroxylation is 2. The smallest absolute Gasteiger partial charge is 0.399 e. The first-order valence-corrected chi connectivity index (χ1v) is 13.2. The van der Waals surface area contributed by atoms with Crippen LogP contribution in [0.15, 0.2) is 78.9 Å². The summed E-state index contributed by atoms with van der Waals surface area (Å²) in [6.45, 7) is 12.8. The highest BCUT2D eigenvalue weighted by Crippen LogP contribution is 2.57. The zero-order valence-corrected chi connectivity index (χ0v) is 22.1. The first-order valence-electron chi connectivity index (χ1n) is 12.4. The van der Waals surface area contributed by atoms with Crippen molar-refractivity contribution in [1.82, 2.24) is 0 Å². The number of rotatable bonds is 3. The molecule has 1 aromatic heterocycles. The molecule has 1 saturated heterocycles. The molecule has 176 valence electrons. The van der Waals surface area contributed by atoms with Gasteiger partial charge in [-0.05, 0) is 75.4 Å². The Labute approximate surface area is 213 Å². The van der Waals surface area contributed by atoms with Crippen molar-refractivity contribution in [3.63, 3.8) is 0 Å². The van der Waals surface area contributed by atoms with Gasteiger partial charge in [0.1, 0.15) is 0 Å². The Morgan fingerprint density at radius 2 is 1.17 bits per heavy atom. The number of benzene rings is 3. The molecular formula is C31H31BO2S. The van der Waals surface area contributed by atoms with E-state index in [4.69, 9.17) is 9.31 Å². The van der Waals surface area contributed by atoms with Gasteiger partial charge < -0.3 is 9.31 Å². The summed E-state index contributed by atoms with van der Waals surface area (Å²) in [6, 6.07) is 29.3. The van der Waals surface area contributed by atoms with Crippen molar-refractivity contribution in [3.8, 4) is 10.4 Å². The first-order chi connectivity index (χ1) is 16.6. The van der Waals surface area contributed by atoms with Crippen molar-refractivity contribution in [1.29, 1.82) is 0 Å². The van der Waals surface area contributed by atoms with Gasteiger partial charge in [-0.15, -0.1) is 11.3 Å². The third kappa shape index (κ3) is 3.23. The highest BCUT2D eigenvalue weighted by Gasteiger charge is 2.54. The summed E-state index contributed by atoms with van der Waals surface area (Å²) in [7, 11) is -0.364. The molecule has 0 radical (unpaired) electrons. The van der Waals surface area contributed by atoms with Crippen molar-refractivity contribution in [2.24, 2.45) is 0 Å². The van der Waals surface area contributed by atoms with Crippen molar-refractivity contribution < 1.29 is 9.31 Å². The molecule has 2 heterocycles. The zero-order valence-electron chi connectivity index (χ0n) is 21.3. The Morgan fingerprint density at radius 3 is 1.71 bits per heavy atom. The molecule has 0 N–H and O–H groups in total. The van der Waals surface area contributed by atoms with Gasteiger partial charge in [0, 0.05) is 9.65 Å². The molecular weight excluding hydrogens is 447 g/mol. The van der Waals surface area contributed by atoms with Crippen molar-refractivity contribution in [2.75, 3.05) is 0 Å². The highest BCUT2D eigenvalue weighted by molar-refractivity contribution is 7.25. The third-order valence-electron chi connectivity index (χ3n) is 8.19. The molecule has 1 fully saturated rings. The monoisotopic (exact) mass is 478 g/mol. The van der Waals surface area contributed by atoms with Crippen molar-refractivity contribution >= 4 is 23.2 Å². The van der Waals surface area contributed by atoms with Crippen LogP contribution in [-0.2, 0) is 14.7 Å². The zero-order chi connectivity index (χ0) is 24.6. The minimum Gasteiger partial charge on any atom is -0.399 e. The minimum absolute atomic E-state index is 0.364. The number of fused-ring (bicyclic) bond motifs is 3. The molecule has 0 saturated carbocycles. The van der Waals surface area contributed by atoms with Crippen LogP contribution in [0.5, 0.6) is 0 Å². The topological polar surface area (TPSA) is 18.5 Å². The minimum atomic E-state index is -0.383. The molecule has 0 bridgehead atoms. The fraction of sp³-hybridized carbons (Fsp3) is 0.290. The van der Waals surface area contributed by atoms with Crippen LogP contribution in [0.3, 0.4) is 0 Å². The summed E-state index contributed by atoms with van der Waals surface area (Å²) in [5, 5.41) is 0.